The molecule has 6 nitrogen and oxygen atoms in total. The van der Waals surface area contributed by atoms with Crippen LogP contribution in [0.1, 0.15) is 22.5 Å². The first kappa shape index (κ1) is 21.4. The number of aromatic nitrogens is 2. The quantitative estimate of drug-likeness (QED) is 0.598. The van der Waals surface area contributed by atoms with Gasteiger partial charge in [0.15, 0.2) is 5.69 Å². The van der Waals surface area contributed by atoms with Crippen LogP contribution < -0.4 is 5.32 Å². The lowest BCUT2D eigenvalue weighted by Crippen LogP contribution is -2.25. The number of hydrogen-bond donors (Lipinski definition) is 2. The average Bonchev–Trinajstić information content (AvgIpc) is 3.14. The fourth-order valence-corrected chi connectivity index (χ4v) is 2.93. The molecule has 1 amide bonds. The van der Waals surface area contributed by atoms with E-state index in [0.717, 1.165) is 10.7 Å². The zero-order valence-corrected chi connectivity index (χ0v) is 16.0. The normalized spacial score (nSPS) is 11.3. The number of benzene rings is 2. The number of alkyl halides is 3. The number of nitrogens with one attached hydrogen (secondary N) is 1. The predicted octanol–water partition coefficient (Wildman–Crippen LogP) is 4.42. The standard InChI is InChI=1S/C20H15ClF3N3O3/c21-14-3-1-2-4-15(14)27-16(11-17(26-27)20(22,23)24)12-5-7-13(8-6-12)19(30)25-10-9-18(28)29/h1-8,11H,9-10H2,(H,25,30)(H,28,29). The van der Waals surface area contributed by atoms with Crippen molar-refractivity contribution < 1.29 is 27.9 Å². The monoisotopic (exact) mass is 437 g/mol. The highest BCUT2D eigenvalue weighted by Gasteiger charge is 2.35. The molecule has 0 saturated carbocycles. The molecule has 3 aromatic rings. The number of amides is 1. The maximum absolute atomic E-state index is 13.3. The van der Waals surface area contributed by atoms with Crippen molar-refractivity contribution in [3.05, 3.63) is 70.9 Å². The lowest BCUT2D eigenvalue weighted by Gasteiger charge is -2.10. The predicted molar refractivity (Wildman–Crippen MR) is 104 cm³/mol. The van der Waals surface area contributed by atoms with Gasteiger partial charge in [0.2, 0.25) is 0 Å². The molecular formula is C20H15ClF3N3O3. The second-order valence-corrected chi connectivity index (χ2v) is 6.66. The lowest BCUT2D eigenvalue weighted by molar-refractivity contribution is -0.141. The van der Waals surface area contributed by atoms with Gasteiger partial charge in [-0.2, -0.15) is 18.3 Å². The van der Waals surface area contributed by atoms with Gasteiger partial charge >= 0.3 is 12.1 Å². The molecule has 2 N–H and O–H groups in total. The average molecular weight is 438 g/mol. The summed E-state index contributed by atoms with van der Waals surface area (Å²) in [4.78, 5) is 22.6. The number of halogens is 4. The molecule has 0 spiro atoms. The molecule has 0 bridgehead atoms. The van der Waals surface area contributed by atoms with Crippen LogP contribution in [0.3, 0.4) is 0 Å². The third-order valence-corrected chi connectivity index (χ3v) is 4.47. The number of carbonyl (C=O) groups excluding carboxylic acids is 1. The van der Waals surface area contributed by atoms with Crippen molar-refractivity contribution in [2.45, 2.75) is 12.6 Å². The van der Waals surface area contributed by atoms with Gasteiger partial charge in [0, 0.05) is 17.7 Å². The van der Waals surface area contributed by atoms with Gasteiger partial charge in [0.25, 0.3) is 5.91 Å². The molecular weight excluding hydrogens is 423 g/mol. The van der Waals surface area contributed by atoms with Crippen LogP contribution >= 0.6 is 11.6 Å². The minimum Gasteiger partial charge on any atom is -0.481 e. The number of para-hydroxylation sites is 1. The smallest absolute Gasteiger partial charge is 0.435 e. The Bertz CT molecular complexity index is 1080. The van der Waals surface area contributed by atoms with Gasteiger partial charge in [0.1, 0.15) is 0 Å². The number of aliphatic carboxylic acids is 1. The molecule has 0 unspecified atom stereocenters. The Labute approximate surface area is 173 Å². The van der Waals surface area contributed by atoms with E-state index in [1.807, 2.05) is 0 Å². The first-order valence-corrected chi connectivity index (χ1v) is 9.07. The Morgan fingerprint density at radius 3 is 2.37 bits per heavy atom. The van der Waals surface area contributed by atoms with Crippen LogP contribution in [0.5, 0.6) is 0 Å². The second kappa shape index (κ2) is 8.58. The lowest BCUT2D eigenvalue weighted by atomic mass is 10.1. The summed E-state index contributed by atoms with van der Waals surface area (Å²) in [7, 11) is 0. The molecule has 1 aromatic heterocycles. The summed E-state index contributed by atoms with van der Waals surface area (Å²) in [6.07, 6.45) is -4.87. The maximum atomic E-state index is 13.3. The van der Waals surface area contributed by atoms with E-state index in [4.69, 9.17) is 16.7 Å². The van der Waals surface area contributed by atoms with Crippen LogP contribution in [0.2, 0.25) is 5.02 Å². The van der Waals surface area contributed by atoms with Crippen LogP contribution in [-0.2, 0) is 11.0 Å². The van der Waals surface area contributed by atoms with E-state index in [1.165, 1.54) is 24.3 Å². The van der Waals surface area contributed by atoms with Gasteiger partial charge in [-0.1, -0.05) is 35.9 Å². The zero-order chi connectivity index (χ0) is 21.9. The van der Waals surface area contributed by atoms with Crippen molar-refractivity contribution in [2.75, 3.05) is 6.54 Å². The minimum atomic E-state index is -4.65. The molecule has 0 aliphatic rings. The molecule has 0 aliphatic carbocycles. The number of carboxylic acids is 1. The summed E-state index contributed by atoms with van der Waals surface area (Å²) in [6, 6.07) is 13.1. The third-order valence-electron chi connectivity index (χ3n) is 4.15. The summed E-state index contributed by atoms with van der Waals surface area (Å²) < 4.78 is 40.9. The fourth-order valence-electron chi connectivity index (χ4n) is 2.71. The molecule has 2 aromatic carbocycles. The number of carboxylic acid groups (broad SMARTS) is 1. The van der Waals surface area contributed by atoms with E-state index in [1.54, 1.807) is 24.3 Å². The number of hydrogen-bond acceptors (Lipinski definition) is 3. The molecule has 3 rings (SSSR count). The SMILES string of the molecule is O=C(O)CCNC(=O)c1ccc(-c2cc(C(F)(F)F)nn2-c2ccccc2Cl)cc1. The summed E-state index contributed by atoms with van der Waals surface area (Å²) in [5.74, 6) is -1.53. The van der Waals surface area contributed by atoms with E-state index in [9.17, 15) is 22.8 Å². The topological polar surface area (TPSA) is 84.2 Å². The van der Waals surface area contributed by atoms with Crippen LogP contribution in [0.25, 0.3) is 16.9 Å². The molecule has 0 radical (unpaired) electrons. The molecule has 0 saturated heterocycles. The van der Waals surface area contributed by atoms with E-state index in [-0.39, 0.29) is 34.9 Å². The molecule has 0 atom stereocenters. The van der Waals surface area contributed by atoms with Crippen molar-refractivity contribution >= 4 is 23.5 Å². The van der Waals surface area contributed by atoms with Gasteiger partial charge in [-0.05, 0) is 30.3 Å². The third kappa shape index (κ3) is 4.80. The van der Waals surface area contributed by atoms with Gasteiger partial charge in [0.05, 0.1) is 22.8 Å². The van der Waals surface area contributed by atoms with E-state index < -0.39 is 23.7 Å². The summed E-state index contributed by atoms with van der Waals surface area (Å²) in [5.41, 5.74) is -0.0228. The number of carbonyl (C=O) groups is 2. The van der Waals surface area contributed by atoms with Gasteiger partial charge in [-0.25, -0.2) is 4.68 Å². The largest absolute Gasteiger partial charge is 0.481 e. The van der Waals surface area contributed by atoms with E-state index >= 15 is 0 Å². The highest BCUT2D eigenvalue weighted by Crippen LogP contribution is 2.34. The van der Waals surface area contributed by atoms with E-state index in [2.05, 4.69) is 10.4 Å². The van der Waals surface area contributed by atoms with Crippen molar-refractivity contribution in [3.8, 4) is 16.9 Å². The number of rotatable bonds is 6. The zero-order valence-electron chi connectivity index (χ0n) is 15.3. The van der Waals surface area contributed by atoms with Gasteiger partial charge in [-0.15, -0.1) is 0 Å². The molecule has 10 heteroatoms. The van der Waals surface area contributed by atoms with Crippen molar-refractivity contribution in [2.24, 2.45) is 0 Å². The Morgan fingerprint density at radius 1 is 1.10 bits per heavy atom. The van der Waals surface area contributed by atoms with Crippen LogP contribution in [0, 0.1) is 0 Å². The highest BCUT2D eigenvalue weighted by atomic mass is 35.5. The molecule has 30 heavy (non-hydrogen) atoms. The van der Waals surface area contributed by atoms with Crippen LogP contribution in [-0.4, -0.2) is 33.3 Å². The van der Waals surface area contributed by atoms with Crippen LogP contribution in [0.15, 0.2) is 54.6 Å². The Balaban J connectivity index is 1.95. The van der Waals surface area contributed by atoms with Crippen molar-refractivity contribution in [3.63, 3.8) is 0 Å². The summed E-state index contributed by atoms with van der Waals surface area (Å²) in [6.45, 7) is -0.0376. The molecule has 1 heterocycles. The molecule has 0 aliphatic heterocycles. The highest BCUT2D eigenvalue weighted by molar-refractivity contribution is 6.32. The first-order chi connectivity index (χ1) is 14.2. The summed E-state index contributed by atoms with van der Waals surface area (Å²) >= 11 is 6.14. The fraction of sp³-hybridized carbons (Fsp3) is 0.150. The van der Waals surface area contributed by atoms with Gasteiger partial charge in [-0.3, -0.25) is 9.59 Å². The Morgan fingerprint density at radius 2 is 1.77 bits per heavy atom. The van der Waals surface area contributed by atoms with Crippen LogP contribution in [0.4, 0.5) is 13.2 Å². The van der Waals surface area contributed by atoms with Gasteiger partial charge < -0.3 is 10.4 Å². The first-order valence-electron chi connectivity index (χ1n) is 8.69. The minimum absolute atomic E-state index is 0.0376. The second-order valence-electron chi connectivity index (χ2n) is 6.25. The Hall–Kier alpha value is -3.33. The number of nitrogens with zero attached hydrogens (tertiary/aromatic N) is 2. The van der Waals surface area contributed by atoms with Crippen molar-refractivity contribution in [1.82, 2.24) is 15.1 Å². The molecule has 156 valence electrons. The van der Waals surface area contributed by atoms with Crippen molar-refractivity contribution in [1.29, 1.82) is 0 Å². The Kier molecular flexibility index (Phi) is 6.12. The molecule has 0 fully saturated rings. The maximum Gasteiger partial charge on any atom is 0.435 e. The van der Waals surface area contributed by atoms with E-state index in [0.29, 0.717) is 5.56 Å². The summed E-state index contributed by atoms with van der Waals surface area (Å²) in [5, 5.41) is 15.0.